The summed E-state index contributed by atoms with van der Waals surface area (Å²) in [5.74, 6) is 1.03. The molecule has 3 heteroatoms. The zero-order valence-electron chi connectivity index (χ0n) is 14.5. The number of hydrogen-bond acceptors (Lipinski definition) is 2. The zero-order valence-corrected chi connectivity index (χ0v) is 15.4. The fourth-order valence-electron chi connectivity index (χ4n) is 3.81. The van der Waals surface area contributed by atoms with Crippen molar-refractivity contribution >= 4 is 11.8 Å². The molecule has 0 unspecified atom stereocenters. The molecule has 2 aliphatic heterocycles. The summed E-state index contributed by atoms with van der Waals surface area (Å²) in [4.78, 5) is 3.00. The molecular weight excluding hydrogens is 314 g/mol. The number of aryl methyl sites for hydroxylation is 1. The molecule has 0 radical (unpaired) electrons. The average molecular weight is 341 g/mol. The smallest absolute Gasteiger partial charge is 0.109 e. The lowest BCUT2D eigenvalue weighted by Crippen LogP contribution is -3.10. The van der Waals surface area contributed by atoms with Gasteiger partial charge in [0.25, 0.3) is 0 Å². The molecule has 2 nitrogen and oxygen atoms in total. The summed E-state index contributed by atoms with van der Waals surface area (Å²) in [5.41, 5.74) is 5.45. The van der Waals surface area contributed by atoms with E-state index in [1.165, 1.54) is 53.1 Å². The minimum Gasteiger partial charge on any atom is -0.365 e. The predicted octanol–water partition coefficient (Wildman–Crippen LogP) is 3.38. The van der Waals surface area contributed by atoms with Crippen LogP contribution in [-0.2, 0) is 10.5 Å². The summed E-state index contributed by atoms with van der Waals surface area (Å²) in [6.45, 7) is 4.61. The van der Waals surface area contributed by atoms with Gasteiger partial charge in [-0.1, -0.05) is 42.0 Å². The van der Waals surface area contributed by atoms with Gasteiger partial charge in [0, 0.05) is 23.5 Å². The number of fused-ring (bicyclic) bond motifs is 2. The van der Waals surface area contributed by atoms with E-state index in [-0.39, 0.29) is 6.10 Å². The first-order valence-electron chi connectivity index (χ1n) is 8.98. The Balaban J connectivity index is 1.71. The Hall–Kier alpha value is -1.29. The molecule has 24 heavy (non-hydrogen) atoms. The molecular formula is C21H26NOS+. The third kappa shape index (κ3) is 3.26. The molecule has 2 aliphatic rings. The first kappa shape index (κ1) is 16.2. The number of hydrogen-bond donors (Lipinski definition) is 1. The monoisotopic (exact) mass is 340 g/mol. The Morgan fingerprint density at radius 1 is 1.04 bits per heavy atom. The number of likely N-dealkylation sites (tertiary alicyclic amines) is 1. The summed E-state index contributed by atoms with van der Waals surface area (Å²) < 4.78 is 6.74. The van der Waals surface area contributed by atoms with Crippen LogP contribution in [-0.4, -0.2) is 26.2 Å². The van der Waals surface area contributed by atoms with E-state index in [1.807, 2.05) is 11.8 Å². The lowest BCUT2D eigenvalue weighted by Gasteiger charge is -2.31. The molecule has 1 atom stereocenters. The number of nitrogens with one attached hydrogen (secondary N) is 1. The second-order valence-electron chi connectivity index (χ2n) is 7.20. The number of piperidine rings is 1. The highest BCUT2D eigenvalue weighted by molar-refractivity contribution is 7.98. The van der Waals surface area contributed by atoms with Crippen molar-refractivity contribution in [1.82, 2.24) is 0 Å². The van der Waals surface area contributed by atoms with Crippen molar-refractivity contribution < 1.29 is 9.64 Å². The number of thioether (sulfide) groups is 1. The Bertz CT molecular complexity index is 722. The van der Waals surface area contributed by atoms with Gasteiger partial charge in [0.15, 0.2) is 0 Å². The predicted molar refractivity (Wildman–Crippen MR) is 99.8 cm³/mol. The molecule has 0 saturated carbocycles. The van der Waals surface area contributed by atoms with Gasteiger partial charge in [0.1, 0.15) is 6.10 Å². The topological polar surface area (TPSA) is 13.7 Å². The molecule has 0 bridgehead atoms. The van der Waals surface area contributed by atoms with Crippen LogP contribution in [0.3, 0.4) is 0 Å². The van der Waals surface area contributed by atoms with Crippen LogP contribution in [0.25, 0.3) is 0 Å². The minimum atomic E-state index is 0.0782. The molecule has 2 heterocycles. The van der Waals surface area contributed by atoms with Crippen LogP contribution in [0.1, 0.15) is 41.2 Å². The zero-order chi connectivity index (χ0) is 16.5. The Morgan fingerprint density at radius 3 is 2.67 bits per heavy atom. The normalized spacial score (nSPS) is 26.3. The van der Waals surface area contributed by atoms with Gasteiger partial charge in [-0.2, -0.15) is 0 Å². The second-order valence-corrected chi connectivity index (χ2v) is 8.22. The number of ether oxygens (including phenoxy) is 1. The van der Waals surface area contributed by atoms with Crippen molar-refractivity contribution in [2.45, 2.75) is 42.6 Å². The van der Waals surface area contributed by atoms with E-state index in [9.17, 15) is 0 Å². The quantitative estimate of drug-likeness (QED) is 0.900. The molecule has 2 aromatic carbocycles. The maximum atomic E-state index is 6.74. The lowest BCUT2D eigenvalue weighted by atomic mass is 9.95. The number of benzene rings is 2. The fourth-order valence-corrected chi connectivity index (χ4v) is 4.88. The first-order chi connectivity index (χ1) is 11.7. The molecule has 0 amide bonds. The Morgan fingerprint density at radius 2 is 1.83 bits per heavy atom. The molecule has 0 aliphatic carbocycles. The molecule has 0 aromatic heterocycles. The summed E-state index contributed by atoms with van der Waals surface area (Å²) >= 11 is 1.94. The SMILES string of the molecule is Cc1ccc2c(c1)[C@H](OC1CC[NH+](C)CC1)c1ccccc1CS2. The van der Waals surface area contributed by atoms with Gasteiger partial charge in [-0.25, -0.2) is 0 Å². The largest absolute Gasteiger partial charge is 0.365 e. The van der Waals surface area contributed by atoms with Crippen molar-refractivity contribution in [1.29, 1.82) is 0 Å². The standard InChI is InChI=1S/C21H25NOS/c1-15-7-8-20-19(13-15)21(23-17-9-11-22(2)12-10-17)18-6-4-3-5-16(18)14-24-20/h3-8,13,17,21H,9-12,14H2,1-2H3/p+1/t21-/m1/s1. The Kier molecular flexibility index (Phi) is 4.66. The second kappa shape index (κ2) is 6.91. The summed E-state index contributed by atoms with van der Waals surface area (Å²) in [5, 5.41) is 0. The minimum absolute atomic E-state index is 0.0782. The number of quaternary nitrogens is 1. The van der Waals surface area contributed by atoms with Crippen LogP contribution in [0.5, 0.6) is 0 Å². The maximum absolute atomic E-state index is 6.74. The van der Waals surface area contributed by atoms with Crippen LogP contribution in [0.4, 0.5) is 0 Å². The fraction of sp³-hybridized carbons (Fsp3) is 0.429. The molecule has 2 aromatic rings. The van der Waals surface area contributed by atoms with Gasteiger partial charge in [-0.3, -0.25) is 0 Å². The maximum Gasteiger partial charge on any atom is 0.109 e. The molecule has 1 saturated heterocycles. The van der Waals surface area contributed by atoms with Crippen LogP contribution in [0.2, 0.25) is 0 Å². The van der Waals surface area contributed by atoms with Crippen molar-refractivity contribution in [3.8, 4) is 0 Å². The molecule has 1 fully saturated rings. The van der Waals surface area contributed by atoms with E-state index < -0.39 is 0 Å². The van der Waals surface area contributed by atoms with E-state index in [2.05, 4.69) is 56.4 Å². The van der Waals surface area contributed by atoms with Crippen LogP contribution >= 0.6 is 11.8 Å². The van der Waals surface area contributed by atoms with Crippen molar-refractivity contribution in [3.63, 3.8) is 0 Å². The summed E-state index contributed by atoms with van der Waals surface area (Å²) in [6.07, 6.45) is 2.79. The lowest BCUT2D eigenvalue weighted by molar-refractivity contribution is -0.885. The van der Waals surface area contributed by atoms with Crippen molar-refractivity contribution in [2.24, 2.45) is 0 Å². The van der Waals surface area contributed by atoms with Gasteiger partial charge in [0.2, 0.25) is 0 Å². The number of rotatable bonds is 2. The molecule has 0 spiro atoms. The first-order valence-corrected chi connectivity index (χ1v) is 9.97. The van der Waals surface area contributed by atoms with E-state index in [1.54, 1.807) is 4.90 Å². The molecule has 1 N–H and O–H groups in total. The van der Waals surface area contributed by atoms with E-state index in [0.29, 0.717) is 6.10 Å². The van der Waals surface area contributed by atoms with Gasteiger partial charge in [0.05, 0.1) is 26.2 Å². The van der Waals surface area contributed by atoms with Gasteiger partial charge in [-0.15, -0.1) is 11.8 Å². The van der Waals surface area contributed by atoms with Crippen molar-refractivity contribution in [2.75, 3.05) is 20.1 Å². The van der Waals surface area contributed by atoms with E-state index in [4.69, 9.17) is 4.74 Å². The highest BCUT2D eigenvalue weighted by Gasteiger charge is 2.29. The van der Waals surface area contributed by atoms with Gasteiger partial charge in [-0.05, 0) is 29.7 Å². The van der Waals surface area contributed by atoms with E-state index in [0.717, 1.165) is 5.75 Å². The highest BCUT2D eigenvalue weighted by atomic mass is 32.2. The van der Waals surface area contributed by atoms with Crippen LogP contribution < -0.4 is 4.90 Å². The third-order valence-electron chi connectivity index (χ3n) is 5.28. The summed E-state index contributed by atoms with van der Waals surface area (Å²) in [6, 6.07) is 15.6. The average Bonchev–Trinajstić information content (AvgIpc) is 2.74. The summed E-state index contributed by atoms with van der Waals surface area (Å²) in [7, 11) is 2.28. The van der Waals surface area contributed by atoms with Crippen molar-refractivity contribution in [3.05, 3.63) is 64.7 Å². The molecule has 126 valence electrons. The van der Waals surface area contributed by atoms with Gasteiger partial charge < -0.3 is 9.64 Å². The van der Waals surface area contributed by atoms with Crippen LogP contribution in [0, 0.1) is 6.92 Å². The van der Waals surface area contributed by atoms with E-state index >= 15 is 0 Å². The molecule has 4 rings (SSSR count). The van der Waals surface area contributed by atoms with Gasteiger partial charge >= 0.3 is 0 Å². The Labute approximate surface area is 149 Å². The van der Waals surface area contributed by atoms with Crippen LogP contribution in [0.15, 0.2) is 47.4 Å². The third-order valence-corrected chi connectivity index (χ3v) is 6.42. The highest BCUT2D eigenvalue weighted by Crippen LogP contribution is 2.42.